The van der Waals surface area contributed by atoms with Gasteiger partial charge in [0.25, 0.3) is 0 Å². The minimum atomic E-state index is 0.763. The molecule has 0 aliphatic heterocycles. The summed E-state index contributed by atoms with van der Waals surface area (Å²) in [5, 5.41) is 8.12. The molecule has 5 heteroatoms. The third-order valence-electron chi connectivity index (χ3n) is 3.41. The Bertz CT molecular complexity index is 605. The molecule has 0 aliphatic carbocycles. The van der Waals surface area contributed by atoms with Crippen molar-refractivity contribution >= 4 is 37.5 Å². The molecule has 0 radical (unpaired) electrons. The molecule has 0 atom stereocenters. The van der Waals surface area contributed by atoms with Gasteiger partial charge in [0, 0.05) is 16.7 Å². The molecule has 1 heterocycles. The second-order valence-corrected chi connectivity index (χ2v) is 6.29. The molecule has 0 saturated heterocycles. The van der Waals surface area contributed by atoms with E-state index in [0.29, 0.717) is 0 Å². The van der Waals surface area contributed by atoms with Crippen molar-refractivity contribution in [3.05, 3.63) is 44.1 Å². The summed E-state index contributed by atoms with van der Waals surface area (Å²) in [6.45, 7) is 8.00. The fourth-order valence-electron chi connectivity index (χ4n) is 2.16. The van der Waals surface area contributed by atoms with E-state index in [1.807, 2.05) is 6.07 Å². The van der Waals surface area contributed by atoms with E-state index in [1.54, 1.807) is 0 Å². The first-order chi connectivity index (χ1) is 9.58. The quantitative estimate of drug-likeness (QED) is 0.772. The van der Waals surface area contributed by atoms with Gasteiger partial charge in [-0.25, -0.2) is 0 Å². The van der Waals surface area contributed by atoms with E-state index < -0.39 is 0 Å². The van der Waals surface area contributed by atoms with Crippen LogP contribution in [0, 0.1) is 6.92 Å². The van der Waals surface area contributed by atoms with Crippen LogP contribution in [0.1, 0.15) is 30.8 Å². The lowest BCUT2D eigenvalue weighted by Crippen LogP contribution is -2.09. The SMILES string of the molecule is CCc1nn(CC)c(CNc2cccc(Br)c2C)c1Br. The Morgan fingerprint density at radius 1 is 1.25 bits per heavy atom. The first kappa shape index (κ1) is 15.6. The van der Waals surface area contributed by atoms with E-state index in [2.05, 4.69) is 79.9 Å². The number of anilines is 1. The van der Waals surface area contributed by atoms with E-state index in [1.165, 1.54) is 11.3 Å². The number of nitrogens with one attached hydrogen (secondary N) is 1. The first-order valence-electron chi connectivity index (χ1n) is 6.81. The van der Waals surface area contributed by atoms with Gasteiger partial charge >= 0.3 is 0 Å². The first-order valence-corrected chi connectivity index (χ1v) is 8.40. The van der Waals surface area contributed by atoms with Gasteiger partial charge in [-0.15, -0.1) is 0 Å². The largest absolute Gasteiger partial charge is 0.379 e. The molecule has 2 aromatic rings. The highest BCUT2D eigenvalue weighted by Crippen LogP contribution is 2.26. The maximum atomic E-state index is 4.62. The predicted octanol–water partition coefficient (Wildman–Crippen LogP) is 4.91. The molecule has 0 bridgehead atoms. The van der Waals surface area contributed by atoms with Gasteiger partial charge < -0.3 is 5.32 Å². The molecule has 3 nitrogen and oxygen atoms in total. The topological polar surface area (TPSA) is 29.9 Å². The predicted molar refractivity (Wildman–Crippen MR) is 91.2 cm³/mol. The lowest BCUT2D eigenvalue weighted by atomic mass is 10.2. The Kier molecular flexibility index (Phi) is 5.27. The summed E-state index contributed by atoms with van der Waals surface area (Å²) in [5.74, 6) is 0. The number of aryl methyl sites for hydroxylation is 2. The molecular weight excluding hydrogens is 382 g/mol. The van der Waals surface area contributed by atoms with Crippen molar-refractivity contribution in [2.24, 2.45) is 0 Å². The Balaban J connectivity index is 2.22. The molecule has 108 valence electrons. The van der Waals surface area contributed by atoms with Crippen molar-refractivity contribution in [3.63, 3.8) is 0 Å². The van der Waals surface area contributed by atoms with Crippen molar-refractivity contribution in [3.8, 4) is 0 Å². The van der Waals surface area contributed by atoms with Gasteiger partial charge in [-0.05, 0) is 53.9 Å². The van der Waals surface area contributed by atoms with Crippen LogP contribution in [0.4, 0.5) is 5.69 Å². The van der Waals surface area contributed by atoms with Gasteiger partial charge in [0.2, 0.25) is 0 Å². The van der Waals surface area contributed by atoms with Gasteiger partial charge in [-0.3, -0.25) is 4.68 Å². The molecule has 1 aromatic carbocycles. The molecule has 0 saturated carbocycles. The van der Waals surface area contributed by atoms with E-state index in [0.717, 1.165) is 39.8 Å². The standard InChI is InChI=1S/C15H19Br2N3/c1-4-12-15(17)14(20(5-2)19-12)9-18-13-8-6-7-11(16)10(13)3/h6-8,18H,4-5,9H2,1-3H3. The minimum absolute atomic E-state index is 0.763. The average molecular weight is 401 g/mol. The second-order valence-electron chi connectivity index (χ2n) is 4.64. The number of halogens is 2. The fourth-order valence-corrected chi connectivity index (χ4v) is 3.23. The number of nitrogens with zero attached hydrogens (tertiary/aromatic N) is 2. The number of aromatic nitrogens is 2. The highest BCUT2D eigenvalue weighted by molar-refractivity contribution is 9.10. The monoisotopic (exact) mass is 399 g/mol. The summed E-state index contributed by atoms with van der Waals surface area (Å²) in [5.41, 5.74) is 4.69. The Labute approximate surface area is 137 Å². The second kappa shape index (κ2) is 6.76. The van der Waals surface area contributed by atoms with Gasteiger partial charge in [0.15, 0.2) is 0 Å². The number of hydrogen-bond donors (Lipinski definition) is 1. The van der Waals surface area contributed by atoms with Crippen LogP contribution in [0.15, 0.2) is 27.1 Å². The van der Waals surface area contributed by atoms with E-state index in [-0.39, 0.29) is 0 Å². The van der Waals surface area contributed by atoms with Crippen LogP contribution >= 0.6 is 31.9 Å². The highest BCUT2D eigenvalue weighted by Gasteiger charge is 2.13. The Hall–Kier alpha value is -0.810. The van der Waals surface area contributed by atoms with Crippen LogP contribution in [0.25, 0.3) is 0 Å². The van der Waals surface area contributed by atoms with Gasteiger partial charge in [-0.2, -0.15) is 5.10 Å². The molecular formula is C15H19Br2N3. The zero-order chi connectivity index (χ0) is 14.7. The molecule has 0 fully saturated rings. The van der Waals surface area contributed by atoms with Crippen LogP contribution in [0.3, 0.4) is 0 Å². The summed E-state index contributed by atoms with van der Waals surface area (Å²) >= 11 is 7.24. The third kappa shape index (κ3) is 3.09. The zero-order valence-electron chi connectivity index (χ0n) is 12.0. The van der Waals surface area contributed by atoms with Crippen LogP contribution in [-0.2, 0) is 19.5 Å². The zero-order valence-corrected chi connectivity index (χ0v) is 15.2. The third-order valence-corrected chi connectivity index (χ3v) is 5.18. The average Bonchev–Trinajstić information content (AvgIpc) is 2.76. The Morgan fingerprint density at radius 2 is 2.00 bits per heavy atom. The summed E-state index contributed by atoms with van der Waals surface area (Å²) in [6, 6.07) is 6.20. The van der Waals surface area contributed by atoms with Crippen LogP contribution in [-0.4, -0.2) is 9.78 Å². The normalized spacial score (nSPS) is 10.8. The van der Waals surface area contributed by atoms with Crippen molar-refractivity contribution < 1.29 is 0 Å². The fraction of sp³-hybridized carbons (Fsp3) is 0.400. The van der Waals surface area contributed by atoms with E-state index >= 15 is 0 Å². The summed E-state index contributed by atoms with van der Waals surface area (Å²) in [6.07, 6.45) is 0.941. The maximum Gasteiger partial charge on any atom is 0.0767 e. The number of benzene rings is 1. The highest BCUT2D eigenvalue weighted by atomic mass is 79.9. The summed E-state index contributed by atoms with van der Waals surface area (Å²) in [7, 11) is 0. The molecule has 0 aliphatic rings. The molecule has 1 N–H and O–H groups in total. The lowest BCUT2D eigenvalue weighted by molar-refractivity contribution is 0.619. The van der Waals surface area contributed by atoms with Crippen molar-refractivity contribution in [1.29, 1.82) is 0 Å². The Morgan fingerprint density at radius 3 is 2.65 bits per heavy atom. The van der Waals surface area contributed by atoms with Crippen molar-refractivity contribution in [2.45, 2.75) is 40.3 Å². The maximum absolute atomic E-state index is 4.62. The molecule has 0 spiro atoms. The van der Waals surface area contributed by atoms with Gasteiger partial charge in [0.05, 0.1) is 22.4 Å². The molecule has 2 rings (SSSR count). The minimum Gasteiger partial charge on any atom is -0.379 e. The smallest absolute Gasteiger partial charge is 0.0767 e. The van der Waals surface area contributed by atoms with Gasteiger partial charge in [0.1, 0.15) is 0 Å². The lowest BCUT2D eigenvalue weighted by Gasteiger charge is -2.12. The van der Waals surface area contributed by atoms with E-state index in [9.17, 15) is 0 Å². The summed E-state index contributed by atoms with van der Waals surface area (Å²) < 4.78 is 4.31. The van der Waals surface area contributed by atoms with Crippen LogP contribution in [0.2, 0.25) is 0 Å². The molecule has 0 unspecified atom stereocenters. The van der Waals surface area contributed by atoms with Crippen molar-refractivity contribution in [2.75, 3.05) is 5.32 Å². The van der Waals surface area contributed by atoms with Crippen LogP contribution < -0.4 is 5.32 Å². The number of rotatable bonds is 5. The van der Waals surface area contributed by atoms with E-state index in [4.69, 9.17) is 0 Å². The molecule has 20 heavy (non-hydrogen) atoms. The molecule has 0 amide bonds. The van der Waals surface area contributed by atoms with Crippen LogP contribution in [0.5, 0.6) is 0 Å². The van der Waals surface area contributed by atoms with Gasteiger partial charge in [-0.1, -0.05) is 28.9 Å². The number of hydrogen-bond acceptors (Lipinski definition) is 2. The molecule has 1 aromatic heterocycles. The van der Waals surface area contributed by atoms with Crippen molar-refractivity contribution in [1.82, 2.24) is 9.78 Å². The summed E-state index contributed by atoms with van der Waals surface area (Å²) in [4.78, 5) is 0.